The molecule has 1 N–H and O–H groups in total. The topological polar surface area (TPSA) is 52.2 Å². The van der Waals surface area contributed by atoms with E-state index in [9.17, 15) is 4.79 Å². The van der Waals surface area contributed by atoms with Gasteiger partial charge in [-0.25, -0.2) is 4.98 Å². The van der Waals surface area contributed by atoms with Gasteiger partial charge in [0, 0.05) is 56.9 Å². The standard InChI is InChI=1S/C15H20N4O/c1-2-14(20)19-8-6-18(7-9-19)11-12-10-17-15-13(12)4-3-5-16-15/h3-5,10H,2,6-9,11H2,1H3,(H,16,17). The number of hydrogen-bond donors (Lipinski definition) is 1. The Balaban J connectivity index is 1.64. The molecule has 2 aromatic rings. The molecule has 2 aromatic heterocycles. The van der Waals surface area contributed by atoms with E-state index in [4.69, 9.17) is 0 Å². The molecule has 0 aromatic carbocycles. The van der Waals surface area contributed by atoms with Crippen LogP contribution in [0.5, 0.6) is 0 Å². The molecule has 0 spiro atoms. The van der Waals surface area contributed by atoms with Gasteiger partial charge in [0.2, 0.25) is 5.91 Å². The van der Waals surface area contributed by atoms with Gasteiger partial charge in [-0.3, -0.25) is 9.69 Å². The molecule has 0 radical (unpaired) electrons. The van der Waals surface area contributed by atoms with Crippen molar-refractivity contribution in [1.29, 1.82) is 0 Å². The molecule has 20 heavy (non-hydrogen) atoms. The average Bonchev–Trinajstić information content (AvgIpc) is 2.91. The fourth-order valence-electron chi connectivity index (χ4n) is 2.76. The lowest BCUT2D eigenvalue weighted by Gasteiger charge is -2.34. The molecular formula is C15H20N4O. The molecule has 1 aliphatic rings. The Labute approximate surface area is 118 Å². The van der Waals surface area contributed by atoms with Crippen LogP contribution in [-0.4, -0.2) is 51.9 Å². The molecule has 1 amide bonds. The van der Waals surface area contributed by atoms with Gasteiger partial charge in [-0.15, -0.1) is 0 Å². The number of fused-ring (bicyclic) bond motifs is 1. The van der Waals surface area contributed by atoms with Crippen LogP contribution in [-0.2, 0) is 11.3 Å². The highest BCUT2D eigenvalue weighted by Gasteiger charge is 2.20. The first kappa shape index (κ1) is 13.1. The van der Waals surface area contributed by atoms with Crippen LogP contribution in [0.3, 0.4) is 0 Å². The molecular weight excluding hydrogens is 252 g/mol. The number of nitrogens with one attached hydrogen (secondary N) is 1. The second-order valence-electron chi connectivity index (χ2n) is 5.22. The fraction of sp³-hybridized carbons (Fsp3) is 0.467. The zero-order chi connectivity index (χ0) is 13.9. The third kappa shape index (κ3) is 2.54. The van der Waals surface area contributed by atoms with E-state index in [0.29, 0.717) is 6.42 Å². The van der Waals surface area contributed by atoms with Crippen molar-refractivity contribution in [1.82, 2.24) is 19.8 Å². The van der Waals surface area contributed by atoms with Crippen LogP contribution in [0, 0.1) is 0 Å². The molecule has 1 saturated heterocycles. The minimum atomic E-state index is 0.265. The van der Waals surface area contributed by atoms with Crippen molar-refractivity contribution in [2.24, 2.45) is 0 Å². The van der Waals surface area contributed by atoms with Crippen LogP contribution >= 0.6 is 0 Å². The van der Waals surface area contributed by atoms with Crippen molar-refractivity contribution in [2.75, 3.05) is 26.2 Å². The maximum atomic E-state index is 11.7. The van der Waals surface area contributed by atoms with Gasteiger partial charge in [-0.2, -0.15) is 0 Å². The number of pyridine rings is 1. The maximum absolute atomic E-state index is 11.7. The zero-order valence-electron chi connectivity index (χ0n) is 11.8. The van der Waals surface area contributed by atoms with E-state index in [1.54, 1.807) is 6.20 Å². The zero-order valence-corrected chi connectivity index (χ0v) is 11.8. The van der Waals surface area contributed by atoms with Crippen LogP contribution in [0.4, 0.5) is 0 Å². The van der Waals surface area contributed by atoms with Crippen molar-refractivity contribution in [3.05, 3.63) is 30.1 Å². The van der Waals surface area contributed by atoms with Crippen LogP contribution in [0.25, 0.3) is 11.0 Å². The van der Waals surface area contributed by atoms with Crippen molar-refractivity contribution in [3.8, 4) is 0 Å². The molecule has 5 nitrogen and oxygen atoms in total. The van der Waals surface area contributed by atoms with Gasteiger partial charge < -0.3 is 9.88 Å². The van der Waals surface area contributed by atoms with Crippen molar-refractivity contribution < 1.29 is 4.79 Å². The molecule has 106 valence electrons. The van der Waals surface area contributed by atoms with Crippen LogP contribution in [0.15, 0.2) is 24.5 Å². The first-order valence-electron chi connectivity index (χ1n) is 7.19. The van der Waals surface area contributed by atoms with Crippen molar-refractivity contribution in [3.63, 3.8) is 0 Å². The van der Waals surface area contributed by atoms with Gasteiger partial charge in [0.1, 0.15) is 5.65 Å². The molecule has 0 atom stereocenters. The lowest BCUT2D eigenvalue weighted by atomic mass is 10.2. The number of hydrogen-bond acceptors (Lipinski definition) is 3. The fourth-order valence-corrected chi connectivity index (χ4v) is 2.76. The lowest BCUT2D eigenvalue weighted by Crippen LogP contribution is -2.48. The second kappa shape index (κ2) is 5.63. The lowest BCUT2D eigenvalue weighted by molar-refractivity contribution is -0.132. The number of carbonyl (C=O) groups is 1. The van der Waals surface area contributed by atoms with E-state index in [-0.39, 0.29) is 5.91 Å². The molecule has 1 fully saturated rings. The largest absolute Gasteiger partial charge is 0.346 e. The quantitative estimate of drug-likeness (QED) is 0.923. The van der Waals surface area contributed by atoms with E-state index in [2.05, 4.69) is 20.9 Å². The van der Waals surface area contributed by atoms with E-state index in [0.717, 1.165) is 38.4 Å². The summed E-state index contributed by atoms with van der Waals surface area (Å²) in [6, 6.07) is 4.07. The van der Waals surface area contributed by atoms with Crippen molar-refractivity contribution >= 4 is 16.9 Å². The highest BCUT2D eigenvalue weighted by molar-refractivity contribution is 5.79. The Morgan fingerprint density at radius 2 is 2.15 bits per heavy atom. The minimum absolute atomic E-state index is 0.265. The van der Waals surface area contributed by atoms with Gasteiger partial charge >= 0.3 is 0 Å². The number of aromatic nitrogens is 2. The molecule has 0 unspecified atom stereocenters. The van der Waals surface area contributed by atoms with Crippen LogP contribution < -0.4 is 0 Å². The highest BCUT2D eigenvalue weighted by Crippen LogP contribution is 2.18. The number of aromatic amines is 1. The molecule has 0 aliphatic carbocycles. The second-order valence-corrected chi connectivity index (χ2v) is 5.22. The number of piperazine rings is 1. The maximum Gasteiger partial charge on any atom is 0.222 e. The molecule has 0 saturated carbocycles. The number of H-pyrrole nitrogens is 1. The molecule has 3 rings (SSSR count). The Morgan fingerprint density at radius 3 is 2.90 bits per heavy atom. The Bertz CT molecular complexity index is 599. The highest BCUT2D eigenvalue weighted by atomic mass is 16.2. The molecule has 0 bridgehead atoms. The summed E-state index contributed by atoms with van der Waals surface area (Å²) in [6.07, 6.45) is 4.45. The summed E-state index contributed by atoms with van der Waals surface area (Å²) in [6.45, 7) is 6.41. The van der Waals surface area contributed by atoms with Crippen LogP contribution in [0.2, 0.25) is 0 Å². The first-order chi connectivity index (χ1) is 9.78. The molecule has 1 aliphatic heterocycles. The minimum Gasteiger partial charge on any atom is -0.346 e. The predicted molar refractivity (Wildman–Crippen MR) is 78.2 cm³/mol. The van der Waals surface area contributed by atoms with Gasteiger partial charge in [0.25, 0.3) is 0 Å². The SMILES string of the molecule is CCC(=O)N1CCN(Cc2c[nH]c3ncccc23)CC1. The van der Waals surface area contributed by atoms with Gasteiger partial charge in [-0.1, -0.05) is 6.92 Å². The summed E-state index contributed by atoms with van der Waals surface area (Å²) in [5.74, 6) is 0.265. The normalized spacial score (nSPS) is 16.8. The third-order valence-corrected chi connectivity index (χ3v) is 3.96. The van der Waals surface area contributed by atoms with Crippen molar-refractivity contribution in [2.45, 2.75) is 19.9 Å². The average molecular weight is 272 g/mol. The third-order valence-electron chi connectivity index (χ3n) is 3.96. The number of nitrogens with zero attached hydrogens (tertiary/aromatic N) is 3. The number of amides is 1. The monoisotopic (exact) mass is 272 g/mol. The number of carbonyl (C=O) groups excluding carboxylic acids is 1. The Hall–Kier alpha value is -1.88. The number of rotatable bonds is 3. The van der Waals surface area contributed by atoms with Gasteiger partial charge in [0.05, 0.1) is 0 Å². The van der Waals surface area contributed by atoms with Gasteiger partial charge in [-0.05, 0) is 17.7 Å². The Kier molecular flexibility index (Phi) is 3.69. The van der Waals surface area contributed by atoms with E-state index in [1.165, 1.54) is 10.9 Å². The van der Waals surface area contributed by atoms with Gasteiger partial charge in [0.15, 0.2) is 0 Å². The summed E-state index contributed by atoms with van der Waals surface area (Å²) in [7, 11) is 0. The summed E-state index contributed by atoms with van der Waals surface area (Å²) < 4.78 is 0. The van der Waals surface area contributed by atoms with E-state index >= 15 is 0 Å². The summed E-state index contributed by atoms with van der Waals surface area (Å²) in [5, 5.41) is 1.19. The molecule has 3 heterocycles. The summed E-state index contributed by atoms with van der Waals surface area (Å²) in [4.78, 5) is 23.5. The predicted octanol–water partition coefficient (Wildman–Crippen LogP) is 1.62. The van der Waals surface area contributed by atoms with E-state index in [1.807, 2.05) is 24.1 Å². The molecule has 5 heteroatoms. The smallest absolute Gasteiger partial charge is 0.222 e. The summed E-state index contributed by atoms with van der Waals surface area (Å²) >= 11 is 0. The first-order valence-corrected chi connectivity index (χ1v) is 7.19. The summed E-state index contributed by atoms with van der Waals surface area (Å²) in [5.41, 5.74) is 2.23. The Morgan fingerprint density at radius 1 is 1.35 bits per heavy atom. The van der Waals surface area contributed by atoms with Crippen LogP contribution in [0.1, 0.15) is 18.9 Å². The van der Waals surface area contributed by atoms with E-state index < -0.39 is 0 Å².